The molecule has 4 aromatic carbocycles. The molecular formula is C33H28N3O8S2+. The molecule has 0 amide bonds. The minimum absolute atomic E-state index is 0.137. The van der Waals surface area contributed by atoms with E-state index in [0.717, 1.165) is 27.4 Å². The van der Waals surface area contributed by atoms with Crippen molar-refractivity contribution in [3.63, 3.8) is 0 Å². The zero-order valence-corrected chi connectivity index (χ0v) is 26.1. The predicted octanol–water partition coefficient (Wildman–Crippen LogP) is 6.04. The van der Waals surface area contributed by atoms with Crippen molar-refractivity contribution in [2.45, 2.75) is 19.2 Å². The summed E-state index contributed by atoms with van der Waals surface area (Å²) in [6.45, 7) is 1.86. The lowest BCUT2D eigenvalue weighted by Gasteiger charge is -2.17. The van der Waals surface area contributed by atoms with Crippen LogP contribution in [0.25, 0.3) is 44.5 Å². The maximum Gasteiger partial charge on any atom is 0.375 e. The second-order valence-electron chi connectivity index (χ2n) is 10.9. The molecule has 6 aromatic rings. The standard InChI is InChI=1S/C33H27N3O8S2/c1-2-22(18-32-36(21-46(40,41)42)33-26-9-5-3-7-23(26)11-13-30(33)44-32)17-31-35(20-45(37,38)39)28-19-25(12-14-29(28)43-31)34-16-15-24-8-4-6-10-27(24)34/h3-19H,2,20-21H2,1H3,(H-,37,38,39,40,41,42)/p+1. The monoisotopic (exact) mass is 658 g/mol. The molecule has 1 aliphatic rings. The number of oxazole rings is 1. The molecule has 0 aliphatic carbocycles. The fraction of sp³-hybridized carbons (Fsp3) is 0.121. The van der Waals surface area contributed by atoms with Crippen LogP contribution in [0.3, 0.4) is 0 Å². The van der Waals surface area contributed by atoms with E-state index in [-0.39, 0.29) is 11.8 Å². The van der Waals surface area contributed by atoms with E-state index in [1.807, 2.05) is 84.4 Å². The van der Waals surface area contributed by atoms with E-state index < -0.39 is 32.0 Å². The summed E-state index contributed by atoms with van der Waals surface area (Å²) in [5, 5.41) is 2.64. The van der Waals surface area contributed by atoms with E-state index in [1.165, 1.54) is 9.47 Å². The normalized spacial score (nSPS) is 14.9. The maximum atomic E-state index is 12.2. The van der Waals surface area contributed by atoms with E-state index in [1.54, 1.807) is 30.4 Å². The summed E-state index contributed by atoms with van der Waals surface area (Å²) >= 11 is 0. The van der Waals surface area contributed by atoms with E-state index in [4.69, 9.17) is 9.15 Å². The molecule has 2 aromatic heterocycles. The van der Waals surface area contributed by atoms with Crippen LogP contribution in [0.15, 0.2) is 113 Å². The number of allylic oxidation sites excluding steroid dienone is 2. The van der Waals surface area contributed by atoms with Crippen molar-refractivity contribution in [3.8, 4) is 11.4 Å². The van der Waals surface area contributed by atoms with Crippen molar-refractivity contribution in [2.75, 3.05) is 10.8 Å². The molecule has 1 aliphatic heterocycles. The molecule has 0 saturated heterocycles. The Balaban J connectivity index is 1.34. The van der Waals surface area contributed by atoms with Gasteiger partial charge in [0.1, 0.15) is 0 Å². The van der Waals surface area contributed by atoms with Crippen LogP contribution in [-0.2, 0) is 26.1 Å². The average molecular weight is 659 g/mol. The van der Waals surface area contributed by atoms with E-state index >= 15 is 0 Å². The van der Waals surface area contributed by atoms with Crippen LogP contribution in [0.1, 0.15) is 19.2 Å². The highest BCUT2D eigenvalue weighted by molar-refractivity contribution is 7.85. The van der Waals surface area contributed by atoms with Crippen LogP contribution in [0, 0.1) is 0 Å². The number of rotatable bonds is 8. The molecule has 0 bridgehead atoms. The van der Waals surface area contributed by atoms with E-state index in [0.29, 0.717) is 34.5 Å². The molecule has 2 N–H and O–H groups in total. The van der Waals surface area contributed by atoms with Gasteiger partial charge in [-0.25, -0.2) is 0 Å². The van der Waals surface area contributed by atoms with Gasteiger partial charge in [0, 0.05) is 18.0 Å². The number of ether oxygens (including phenoxy) is 1. The fourth-order valence-electron chi connectivity index (χ4n) is 5.79. The summed E-state index contributed by atoms with van der Waals surface area (Å²) in [6.07, 6.45) is 5.55. The molecule has 46 heavy (non-hydrogen) atoms. The number of hydrogen-bond donors (Lipinski definition) is 2. The highest BCUT2D eigenvalue weighted by Gasteiger charge is 2.32. The number of anilines is 1. The lowest BCUT2D eigenvalue weighted by atomic mass is 10.1. The Labute approximate surface area is 264 Å². The van der Waals surface area contributed by atoms with Crippen molar-refractivity contribution >= 4 is 64.8 Å². The van der Waals surface area contributed by atoms with Crippen molar-refractivity contribution in [1.29, 1.82) is 0 Å². The highest BCUT2D eigenvalue weighted by Crippen LogP contribution is 2.41. The number of para-hydroxylation sites is 1. The van der Waals surface area contributed by atoms with Gasteiger partial charge in [0.2, 0.25) is 11.5 Å². The first-order chi connectivity index (χ1) is 22.0. The average Bonchev–Trinajstić information content (AvgIpc) is 3.69. The number of benzene rings is 4. The third-order valence-electron chi connectivity index (χ3n) is 7.82. The molecule has 234 valence electrons. The largest absolute Gasteiger partial charge is 0.439 e. The van der Waals surface area contributed by atoms with Crippen LogP contribution >= 0.6 is 0 Å². The summed E-state index contributed by atoms with van der Waals surface area (Å²) in [7, 11) is -8.96. The Hall–Kier alpha value is -4.95. The second kappa shape index (κ2) is 11.1. The van der Waals surface area contributed by atoms with Crippen molar-refractivity contribution in [1.82, 2.24) is 4.57 Å². The van der Waals surface area contributed by atoms with Crippen LogP contribution in [0.4, 0.5) is 5.69 Å². The lowest BCUT2D eigenvalue weighted by molar-refractivity contribution is -0.658. The molecule has 0 unspecified atom stereocenters. The summed E-state index contributed by atoms with van der Waals surface area (Å²) in [5.41, 5.74) is 3.66. The molecule has 0 radical (unpaired) electrons. The molecule has 7 rings (SSSR count). The van der Waals surface area contributed by atoms with Gasteiger partial charge < -0.3 is 13.7 Å². The van der Waals surface area contributed by atoms with Gasteiger partial charge in [0.25, 0.3) is 21.5 Å². The molecule has 0 atom stereocenters. The first-order valence-electron chi connectivity index (χ1n) is 14.3. The van der Waals surface area contributed by atoms with Gasteiger partial charge in [-0.15, -0.1) is 4.57 Å². The summed E-state index contributed by atoms with van der Waals surface area (Å²) in [5.74, 6) is -0.837. The minimum Gasteiger partial charge on any atom is -0.439 e. The lowest BCUT2D eigenvalue weighted by Crippen LogP contribution is -2.39. The quantitative estimate of drug-likeness (QED) is 0.148. The fourth-order valence-corrected chi connectivity index (χ4v) is 6.96. The van der Waals surface area contributed by atoms with Gasteiger partial charge in [0.05, 0.1) is 22.7 Å². The van der Waals surface area contributed by atoms with Crippen LogP contribution < -0.4 is 14.2 Å². The first kappa shape index (κ1) is 29.7. The van der Waals surface area contributed by atoms with Gasteiger partial charge in [-0.2, -0.15) is 16.8 Å². The molecule has 13 heteroatoms. The summed E-state index contributed by atoms with van der Waals surface area (Å²) < 4.78 is 83.8. The van der Waals surface area contributed by atoms with Crippen molar-refractivity contribution in [2.24, 2.45) is 0 Å². The Kier molecular flexibility index (Phi) is 7.20. The van der Waals surface area contributed by atoms with Gasteiger partial charge in [0.15, 0.2) is 11.6 Å². The Morgan fingerprint density at radius 1 is 0.891 bits per heavy atom. The molecule has 3 heterocycles. The minimum atomic E-state index is -4.49. The number of nitrogens with zero attached hydrogens (tertiary/aromatic N) is 3. The van der Waals surface area contributed by atoms with Gasteiger partial charge in [-0.05, 0) is 65.2 Å². The Bertz CT molecular complexity index is 2460. The predicted molar refractivity (Wildman–Crippen MR) is 175 cm³/mol. The summed E-state index contributed by atoms with van der Waals surface area (Å²) in [6, 6.07) is 26.2. The Morgan fingerprint density at radius 3 is 2.41 bits per heavy atom. The third-order valence-corrected chi connectivity index (χ3v) is 8.98. The van der Waals surface area contributed by atoms with Gasteiger partial charge in [-0.1, -0.05) is 49.4 Å². The van der Waals surface area contributed by atoms with Gasteiger partial charge in [-0.3, -0.25) is 14.0 Å². The number of hydrogen-bond acceptors (Lipinski definition) is 7. The van der Waals surface area contributed by atoms with E-state index in [2.05, 4.69) is 0 Å². The third kappa shape index (κ3) is 5.65. The Morgan fingerprint density at radius 2 is 1.65 bits per heavy atom. The SMILES string of the molecule is CCC(/C=C1\Oc2ccc(-n3ccc4ccccc43)cc2N1CS(=O)(=O)O)=C\c1oc2ccc3ccccc3c2[n+]1CS(=O)(=O)O. The second-order valence-corrected chi connectivity index (χ2v) is 13.7. The molecular weight excluding hydrogens is 631 g/mol. The van der Waals surface area contributed by atoms with Crippen LogP contribution in [0.2, 0.25) is 0 Å². The zero-order valence-electron chi connectivity index (χ0n) is 24.4. The van der Waals surface area contributed by atoms with E-state index in [9.17, 15) is 25.9 Å². The maximum absolute atomic E-state index is 12.2. The molecule has 0 saturated carbocycles. The van der Waals surface area contributed by atoms with Gasteiger partial charge >= 0.3 is 16.0 Å². The van der Waals surface area contributed by atoms with Crippen LogP contribution in [0.5, 0.6) is 5.75 Å². The zero-order chi connectivity index (χ0) is 32.2. The van der Waals surface area contributed by atoms with Crippen molar-refractivity contribution in [3.05, 3.63) is 115 Å². The molecule has 0 spiro atoms. The first-order valence-corrected chi connectivity index (χ1v) is 17.5. The number of fused-ring (bicyclic) bond motifs is 5. The molecule has 11 nitrogen and oxygen atoms in total. The van der Waals surface area contributed by atoms with Crippen LogP contribution in [-0.4, -0.2) is 36.4 Å². The molecule has 0 fully saturated rings. The van der Waals surface area contributed by atoms with Crippen molar-refractivity contribution < 1.29 is 39.7 Å². The highest BCUT2D eigenvalue weighted by atomic mass is 32.2. The smallest absolute Gasteiger partial charge is 0.375 e. The summed E-state index contributed by atoms with van der Waals surface area (Å²) in [4.78, 5) is 1.36. The number of aromatic nitrogens is 2. The topological polar surface area (TPSA) is 143 Å².